The maximum Gasteiger partial charge on any atom is 0.0624 e. The molecule has 0 amide bonds. The minimum absolute atomic E-state index is 0.0246. The third-order valence-electron chi connectivity index (χ3n) is 4.64. The van der Waals surface area contributed by atoms with Crippen molar-refractivity contribution in [3.63, 3.8) is 0 Å². The van der Waals surface area contributed by atoms with Crippen molar-refractivity contribution in [3.05, 3.63) is 69.2 Å². The van der Waals surface area contributed by atoms with Crippen LogP contribution in [0.1, 0.15) is 29.5 Å². The van der Waals surface area contributed by atoms with Crippen molar-refractivity contribution in [2.45, 2.75) is 31.1 Å². The van der Waals surface area contributed by atoms with Crippen molar-refractivity contribution in [2.75, 3.05) is 6.54 Å². The first-order valence-electron chi connectivity index (χ1n) is 7.38. The van der Waals surface area contributed by atoms with Gasteiger partial charge in [0.15, 0.2) is 0 Å². The number of rotatable bonds is 3. The van der Waals surface area contributed by atoms with Crippen LogP contribution in [-0.2, 0) is 18.3 Å². The second-order valence-electron chi connectivity index (χ2n) is 5.88. The first-order chi connectivity index (χ1) is 10.2. The first kappa shape index (κ1) is 14.9. The Morgan fingerprint density at radius 3 is 2.67 bits per heavy atom. The van der Waals surface area contributed by atoms with Gasteiger partial charge >= 0.3 is 0 Å². The minimum atomic E-state index is -0.0246. The van der Waals surface area contributed by atoms with Gasteiger partial charge in [-0.1, -0.05) is 59.6 Å². The van der Waals surface area contributed by atoms with Gasteiger partial charge in [-0.3, -0.25) is 0 Å². The summed E-state index contributed by atoms with van der Waals surface area (Å²) in [6.07, 6.45) is 4.26. The fourth-order valence-corrected chi connectivity index (χ4v) is 3.91. The van der Waals surface area contributed by atoms with Crippen LogP contribution in [0.5, 0.6) is 0 Å². The van der Waals surface area contributed by atoms with E-state index in [-0.39, 0.29) is 5.41 Å². The number of hydrogen-bond donors (Lipinski definition) is 1. The number of halogens is 2. The van der Waals surface area contributed by atoms with Gasteiger partial charge in [-0.15, -0.1) is 0 Å². The Hall–Kier alpha value is -1.02. The van der Waals surface area contributed by atoms with Crippen molar-refractivity contribution < 1.29 is 0 Å². The summed E-state index contributed by atoms with van der Waals surface area (Å²) >= 11 is 12.5. The molecule has 0 aliphatic heterocycles. The monoisotopic (exact) mass is 319 g/mol. The van der Waals surface area contributed by atoms with Crippen LogP contribution in [0.25, 0.3) is 0 Å². The van der Waals surface area contributed by atoms with Crippen LogP contribution in [0, 0.1) is 0 Å². The molecular weight excluding hydrogens is 301 g/mol. The molecule has 0 saturated carbocycles. The van der Waals surface area contributed by atoms with Gasteiger partial charge in [-0.2, -0.15) is 0 Å². The molecule has 2 aromatic carbocycles. The summed E-state index contributed by atoms with van der Waals surface area (Å²) in [5.41, 5.74) is 10.1. The van der Waals surface area contributed by atoms with E-state index in [2.05, 4.69) is 30.3 Å². The molecule has 2 N–H and O–H groups in total. The summed E-state index contributed by atoms with van der Waals surface area (Å²) in [6.45, 7) is 0.632. The minimum Gasteiger partial charge on any atom is -0.330 e. The molecule has 1 nitrogen and oxygen atoms in total. The average molecular weight is 320 g/mol. The highest BCUT2D eigenvalue weighted by Crippen LogP contribution is 2.41. The molecule has 0 fully saturated rings. The highest BCUT2D eigenvalue weighted by molar-refractivity contribution is 6.42. The molecule has 0 spiro atoms. The SMILES string of the molecule is NCC1(Cc2cccc(Cl)c2Cl)CCCc2ccccc21. The standard InChI is InChI=1S/C18H19Cl2N/c19-16-9-3-6-14(17(16)20)11-18(12-21)10-4-7-13-5-1-2-8-15(13)18/h1-3,5-6,8-9H,4,7,10-12,21H2. The summed E-state index contributed by atoms with van der Waals surface area (Å²) in [5, 5.41) is 1.28. The Morgan fingerprint density at radius 1 is 1.05 bits per heavy atom. The number of benzene rings is 2. The van der Waals surface area contributed by atoms with Crippen LogP contribution in [0.15, 0.2) is 42.5 Å². The maximum atomic E-state index is 6.39. The van der Waals surface area contributed by atoms with Crippen LogP contribution in [0.4, 0.5) is 0 Å². The van der Waals surface area contributed by atoms with Crippen molar-refractivity contribution in [1.29, 1.82) is 0 Å². The first-order valence-corrected chi connectivity index (χ1v) is 8.13. The lowest BCUT2D eigenvalue weighted by Gasteiger charge is -2.39. The van der Waals surface area contributed by atoms with Gasteiger partial charge in [0.2, 0.25) is 0 Å². The van der Waals surface area contributed by atoms with Crippen LogP contribution in [0.2, 0.25) is 10.0 Å². The van der Waals surface area contributed by atoms with Gasteiger partial charge in [0, 0.05) is 12.0 Å². The van der Waals surface area contributed by atoms with Crippen LogP contribution in [-0.4, -0.2) is 6.54 Å². The number of aryl methyl sites for hydroxylation is 1. The molecule has 0 saturated heterocycles. The van der Waals surface area contributed by atoms with Gasteiger partial charge in [-0.05, 0) is 48.4 Å². The van der Waals surface area contributed by atoms with E-state index in [1.54, 1.807) is 0 Å². The van der Waals surface area contributed by atoms with Crippen LogP contribution >= 0.6 is 23.2 Å². The van der Waals surface area contributed by atoms with Gasteiger partial charge in [0.25, 0.3) is 0 Å². The van der Waals surface area contributed by atoms with Gasteiger partial charge in [-0.25, -0.2) is 0 Å². The smallest absolute Gasteiger partial charge is 0.0624 e. The van der Waals surface area contributed by atoms with E-state index < -0.39 is 0 Å². The van der Waals surface area contributed by atoms with E-state index in [1.807, 2.05) is 12.1 Å². The normalized spacial score (nSPS) is 21.1. The Balaban J connectivity index is 2.04. The molecule has 110 valence electrons. The second-order valence-corrected chi connectivity index (χ2v) is 6.67. The zero-order valence-corrected chi connectivity index (χ0v) is 13.4. The molecule has 1 aliphatic rings. The van der Waals surface area contributed by atoms with E-state index in [1.165, 1.54) is 17.5 Å². The van der Waals surface area contributed by atoms with Crippen molar-refractivity contribution >= 4 is 23.2 Å². The van der Waals surface area contributed by atoms with E-state index in [9.17, 15) is 0 Å². The Labute approximate surface area is 136 Å². The molecule has 0 radical (unpaired) electrons. The Kier molecular flexibility index (Phi) is 4.26. The van der Waals surface area contributed by atoms with Crippen LogP contribution < -0.4 is 5.73 Å². The molecule has 1 aliphatic carbocycles. The maximum absolute atomic E-state index is 6.39. The average Bonchev–Trinajstić information content (AvgIpc) is 2.52. The molecular formula is C18H19Cl2N. The number of hydrogen-bond acceptors (Lipinski definition) is 1. The van der Waals surface area contributed by atoms with Gasteiger partial charge < -0.3 is 5.73 Å². The Bertz CT molecular complexity index is 653. The van der Waals surface area contributed by atoms with Crippen molar-refractivity contribution in [2.24, 2.45) is 5.73 Å². The fourth-order valence-electron chi connectivity index (χ4n) is 3.52. The molecule has 21 heavy (non-hydrogen) atoms. The third kappa shape index (κ3) is 2.70. The van der Waals surface area contributed by atoms with Crippen molar-refractivity contribution in [1.82, 2.24) is 0 Å². The van der Waals surface area contributed by atoms with Crippen molar-refractivity contribution in [3.8, 4) is 0 Å². The van der Waals surface area contributed by atoms with Crippen LogP contribution in [0.3, 0.4) is 0 Å². The molecule has 0 bridgehead atoms. The predicted octanol–water partition coefficient (Wildman–Crippen LogP) is 4.77. The molecule has 1 unspecified atom stereocenters. The molecule has 0 aromatic heterocycles. The highest BCUT2D eigenvalue weighted by Gasteiger charge is 2.35. The quantitative estimate of drug-likeness (QED) is 0.866. The molecule has 2 aromatic rings. The lowest BCUT2D eigenvalue weighted by molar-refractivity contribution is 0.366. The lowest BCUT2D eigenvalue weighted by Crippen LogP contribution is -2.40. The zero-order chi connectivity index (χ0) is 14.9. The van der Waals surface area contributed by atoms with Gasteiger partial charge in [0.05, 0.1) is 10.0 Å². The summed E-state index contributed by atoms with van der Waals surface area (Å²) in [7, 11) is 0. The van der Waals surface area contributed by atoms with E-state index in [4.69, 9.17) is 28.9 Å². The van der Waals surface area contributed by atoms with E-state index in [0.29, 0.717) is 16.6 Å². The summed E-state index contributed by atoms with van der Waals surface area (Å²) in [5.74, 6) is 0. The van der Waals surface area contributed by atoms with E-state index >= 15 is 0 Å². The zero-order valence-electron chi connectivity index (χ0n) is 11.9. The molecule has 1 atom stereocenters. The molecule has 3 heteroatoms. The fraction of sp³-hybridized carbons (Fsp3) is 0.333. The number of nitrogens with two attached hydrogens (primary N) is 1. The highest BCUT2D eigenvalue weighted by atomic mass is 35.5. The summed E-state index contributed by atoms with van der Waals surface area (Å²) in [6, 6.07) is 14.5. The topological polar surface area (TPSA) is 26.0 Å². The Morgan fingerprint density at radius 2 is 1.86 bits per heavy atom. The molecule has 0 heterocycles. The van der Waals surface area contributed by atoms with E-state index in [0.717, 1.165) is 24.8 Å². The molecule has 3 rings (SSSR count). The second kappa shape index (κ2) is 6.00. The summed E-state index contributed by atoms with van der Waals surface area (Å²) < 4.78 is 0. The third-order valence-corrected chi connectivity index (χ3v) is 5.50. The number of fused-ring (bicyclic) bond motifs is 1. The van der Waals surface area contributed by atoms with Gasteiger partial charge in [0.1, 0.15) is 0 Å². The largest absolute Gasteiger partial charge is 0.330 e. The predicted molar refractivity (Wildman–Crippen MR) is 90.3 cm³/mol. The lowest BCUT2D eigenvalue weighted by atomic mass is 9.67. The summed E-state index contributed by atoms with van der Waals surface area (Å²) in [4.78, 5) is 0.